The highest BCUT2D eigenvalue weighted by Crippen LogP contribution is 2.30. The van der Waals surface area contributed by atoms with E-state index in [4.69, 9.17) is 5.11 Å². The van der Waals surface area contributed by atoms with Gasteiger partial charge in [-0.25, -0.2) is 5.10 Å². The summed E-state index contributed by atoms with van der Waals surface area (Å²) in [6, 6.07) is 18.3. The highest BCUT2D eigenvalue weighted by atomic mass is 16.3. The molecule has 0 aliphatic carbocycles. The summed E-state index contributed by atoms with van der Waals surface area (Å²) in [6.07, 6.45) is 1.21. The van der Waals surface area contributed by atoms with Gasteiger partial charge in [0.05, 0.1) is 30.2 Å². The topological polar surface area (TPSA) is 127 Å². The summed E-state index contributed by atoms with van der Waals surface area (Å²) in [7, 11) is 0. The number of β-amino-alcohol motifs (C(OH)–C–C–N with tert-alkyl or cyclic N) is 1. The smallest absolute Gasteiger partial charge is 0.277 e. The van der Waals surface area contributed by atoms with Crippen LogP contribution in [0.25, 0.3) is 11.3 Å². The number of carbonyl (C=O) groups is 2. The van der Waals surface area contributed by atoms with Crippen molar-refractivity contribution >= 4 is 23.2 Å². The molecule has 0 unspecified atom stereocenters. The Labute approximate surface area is 183 Å². The van der Waals surface area contributed by atoms with Gasteiger partial charge in [-0.15, -0.1) is 0 Å². The van der Waals surface area contributed by atoms with Crippen LogP contribution in [-0.4, -0.2) is 45.2 Å². The summed E-state index contributed by atoms with van der Waals surface area (Å²) in [5, 5.41) is 21.9. The second-order valence-electron chi connectivity index (χ2n) is 7.11. The van der Waals surface area contributed by atoms with E-state index in [1.165, 1.54) is 12.1 Å². The summed E-state index contributed by atoms with van der Waals surface area (Å²) < 4.78 is 0. The number of rotatable bonds is 8. The molecule has 0 spiro atoms. The average molecular weight is 431 g/mol. The number of anilines is 2. The number of nitrogens with zero attached hydrogens (tertiary/aromatic N) is 2. The zero-order valence-electron chi connectivity index (χ0n) is 17.0. The number of benzene rings is 2. The Hall–Kier alpha value is -4.24. The average Bonchev–Trinajstić information content (AvgIpc) is 3.07. The number of aliphatic hydroxyl groups excluding tert-OH is 1. The minimum Gasteiger partial charge on any atom is -0.395 e. The number of aromatic amines is 1. The number of amides is 2. The molecular formula is C23H21N5O4. The van der Waals surface area contributed by atoms with Crippen molar-refractivity contribution in [2.24, 2.45) is 0 Å². The van der Waals surface area contributed by atoms with Gasteiger partial charge in [-0.3, -0.25) is 19.3 Å². The van der Waals surface area contributed by atoms with Gasteiger partial charge in [0.1, 0.15) is 5.70 Å². The second-order valence-corrected chi connectivity index (χ2v) is 7.11. The first-order valence-electron chi connectivity index (χ1n) is 9.98. The maximum Gasteiger partial charge on any atom is 0.277 e. The Bertz CT molecular complexity index is 1220. The quantitative estimate of drug-likeness (QED) is 0.400. The number of aliphatic hydroxyl groups is 1. The highest BCUT2D eigenvalue weighted by Gasteiger charge is 2.31. The minimum atomic E-state index is -0.509. The first kappa shape index (κ1) is 21.0. The molecule has 9 heteroatoms. The molecule has 0 saturated heterocycles. The van der Waals surface area contributed by atoms with Gasteiger partial charge in [-0.1, -0.05) is 36.4 Å². The molecule has 4 N–H and O–H groups in total. The maximum atomic E-state index is 12.6. The molecule has 3 aromatic rings. The van der Waals surface area contributed by atoms with Gasteiger partial charge in [0.15, 0.2) is 0 Å². The molecule has 162 valence electrons. The number of hydrogen-bond donors (Lipinski definition) is 4. The maximum absolute atomic E-state index is 12.6. The van der Waals surface area contributed by atoms with Gasteiger partial charge in [0.25, 0.3) is 17.4 Å². The van der Waals surface area contributed by atoms with E-state index in [2.05, 4.69) is 20.8 Å². The lowest BCUT2D eigenvalue weighted by Crippen LogP contribution is -2.34. The normalized spacial score (nSPS) is 13.3. The fourth-order valence-corrected chi connectivity index (χ4v) is 3.31. The van der Waals surface area contributed by atoms with Crippen molar-refractivity contribution in [2.75, 3.05) is 23.8 Å². The van der Waals surface area contributed by atoms with Crippen LogP contribution in [-0.2, 0) is 16.1 Å². The van der Waals surface area contributed by atoms with Crippen molar-refractivity contribution < 1.29 is 14.7 Å². The lowest BCUT2D eigenvalue weighted by Gasteiger charge is -2.17. The Morgan fingerprint density at radius 1 is 0.969 bits per heavy atom. The van der Waals surface area contributed by atoms with E-state index in [1.807, 2.05) is 42.5 Å². The molecule has 0 atom stereocenters. The first-order chi connectivity index (χ1) is 15.5. The molecule has 1 aliphatic heterocycles. The number of hydrogen-bond acceptors (Lipinski definition) is 7. The fourth-order valence-electron chi connectivity index (χ4n) is 3.31. The van der Waals surface area contributed by atoms with Crippen LogP contribution in [0.1, 0.15) is 5.56 Å². The van der Waals surface area contributed by atoms with Crippen LogP contribution >= 0.6 is 0 Å². The highest BCUT2D eigenvalue weighted by molar-refractivity contribution is 6.17. The Kier molecular flexibility index (Phi) is 6.09. The Morgan fingerprint density at radius 3 is 2.50 bits per heavy atom. The molecule has 2 aromatic carbocycles. The van der Waals surface area contributed by atoms with E-state index < -0.39 is 11.8 Å². The third kappa shape index (κ3) is 4.57. The van der Waals surface area contributed by atoms with E-state index in [9.17, 15) is 14.4 Å². The van der Waals surface area contributed by atoms with Gasteiger partial charge in [-0.2, -0.15) is 5.10 Å². The van der Waals surface area contributed by atoms with Gasteiger partial charge in [0, 0.05) is 24.3 Å². The molecule has 0 saturated carbocycles. The SMILES string of the molecule is O=C1C=C(Nc2cc(-c3ccc(=O)[nH]n3)ccc2NCc2ccccc2)C(=O)N1CCO. The molecule has 2 heterocycles. The zero-order chi connectivity index (χ0) is 22.5. The third-order valence-corrected chi connectivity index (χ3v) is 4.92. The summed E-state index contributed by atoms with van der Waals surface area (Å²) >= 11 is 0. The molecule has 2 amide bonds. The van der Waals surface area contributed by atoms with Gasteiger partial charge < -0.3 is 15.7 Å². The summed E-state index contributed by atoms with van der Waals surface area (Å²) in [5.41, 5.74) is 3.40. The van der Waals surface area contributed by atoms with Crippen LogP contribution in [0.15, 0.2) is 77.2 Å². The number of imide groups is 1. The molecule has 1 aliphatic rings. The van der Waals surface area contributed by atoms with E-state index in [1.54, 1.807) is 12.1 Å². The summed E-state index contributed by atoms with van der Waals surface area (Å²) in [6.45, 7) is 0.171. The van der Waals surface area contributed by atoms with Gasteiger partial charge in [0.2, 0.25) is 0 Å². The molecule has 0 bridgehead atoms. The number of nitrogens with one attached hydrogen (secondary N) is 3. The van der Waals surface area contributed by atoms with E-state index in [0.29, 0.717) is 29.2 Å². The van der Waals surface area contributed by atoms with Crippen molar-refractivity contribution in [3.8, 4) is 11.3 Å². The molecule has 32 heavy (non-hydrogen) atoms. The lowest BCUT2D eigenvalue weighted by molar-refractivity contribution is -0.137. The summed E-state index contributed by atoms with van der Waals surface area (Å²) in [5.74, 6) is -0.991. The number of carbonyl (C=O) groups excluding carboxylic acids is 2. The number of H-pyrrole nitrogens is 1. The Morgan fingerprint density at radius 2 is 1.78 bits per heavy atom. The standard InChI is InChI=1S/C23H21N5O4/c29-11-10-28-22(31)13-20(23(28)32)25-19-12-16(17-8-9-21(30)27-26-17)6-7-18(19)24-14-15-4-2-1-3-5-15/h1-9,12-13,24-25,29H,10-11,14H2,(H,27,30). The van der Waals surface area contributed by atoms with Crippen LogP contribution in [0.2, 0.25) is 0 Å². The van der Waals surface area contributed by atoms with Crippen molar-refractivity contribution in [3.63, 3.8) is 0 Å². The van der Waals surface area contributed by atoms with Crippen molar-refractivity contribution in [1.29, 1.82) is 0 Å². The molecule has 1 aromatic heterocycles. The second kappa shape index (κ2) is 9.27. The van der Waals surface area contributed by atoms with Gasteiger partial charge >= 0.3 is 0 Å². The van der Waals surface area contributed by atoms with Crippen LogP contribution < -0.4 is 16.2 Å². The summed E-state index contributed by atoms with van der Waals surface area (Å²) in [4.78, 5) is 37.0. The van der Waals surface area contributed by atoms with Gasteiger partial charge in [-0.05, 0) is 23.8 Å². The minimum absolute atomic E-state index is 0.0696. The predicted octanol–water partition coefficient (Wildman–Crippen LogP) is 1.71. The van der Waals surface area contributed by atoms with E-state index in [-0.39, 0.29) is 24.4 Å². The molecule has 0 radical (unpaired) electrons. The first-order valence-corrected chi connectivity index (χ1v) is 9.98. The van der Waals surface area contributed by atoms with Crippen LogP contribution in [0, 0.1) is 0 Å². The Balaban J connectivity index is 1.64. The van der Waals surface area contributed by atoms with Crippen LogP contribution in [0.5, 0.6) is 0 Å². The monoisotopic (exact) mass is 431 g/mol. The molecule has 9 nitrogen and oxygen atoms in total. The molecular weight excluding hydrogens is 410 g/mol. The lowest BCUT2D eigenvalue weighted by atomic mass is 10.1. The van der Waals surface area contributed by atoms with Crippen LogP contribution in [0.3, 0.4) is 0 Å². The third-order valence-electron chi connectivity index (χ3n) is 4.92. The van der Waals surface area contributed by atoms with Crippen LogP contribution in [0.4, 0.5) is 11.4 Å². The van der Waals surface area contributed by atoms with Crippen molar-refractivity contribution in [1.82, 2.24) is 15.1 Å². The number of aromatic nitrogens is 2. The zero-order valence-corrected chi connectivity index (χ0v) is 17.0. The van der Waals surface area contributed by atoms with Crippen molar-refractivity contribution in [3.05, 3.63) is 88.4 Å². The van der Waals surface area contributed by atoms with E-state index in [0.717, 1.165) is 10.5 Å². The molecule has 0 fully saturated rings. The largest absolute Gasteiger partial charge is 0.395 e. The fraction of sp³-hybridized carbons (Fsp3) is 0.130. The predicted molar refractivity (Wildman–Crippen MR) is 120 cm³/mol. The van der Waals surface area contributed by atoms with Crippen molar-refractivity contribution in [2.45, 2.75) is 6.54 Å². The molecule has 4 rings (SSSR count). The van der Waals surface area contributed by atoms with E-state index >= 15 is 0 Å².